The van der Waals surface area contributed by atoms with E-state index in [0.717, 1.165) is 12.2 Å². The Morgan fingerprint density at radius 3 is 2.67 bits per heavy atom. The molecule has 0 N–H and O–H groups in total. The molecule has 0 aromatic heterocycles. The van der Waals surface area contributed by atoms with Crippen LogP contribution >= 0.6 is 11.6 Å². The van der Waals surface area contributed by atoms with Gasteiger partial charge in [-0.3, -0.25) is 9.69 Å². The summed E-state index contributed by atoms with van der Waals surface area (Å²) in [6.07, 6.45) is 0. The van der Waals surface area contributed by atoms with Crippen LogP contribution in [0.3, 0.4) is 0 Å². The molecular formula is C11H13ClN2O. The summed E-state index contributed by atoms with van der Waals surface area (Å²) in [4.78, 5) is 15.5. The maximum absolute atomic E-state index is 11.8. The molecule has 1 amide bonds. The number of nitrogens with zero attached hydrogens (tertiary/aromatic N) is 2. The Labute approximate surface area is 94.2 Å². The van der Waals surface area contributed by atoms with Crippen LogP contribution in [0.25, 0.3) is 0 Å². The monoisotopic (exact) mass is 224 g/mol. The first kappa shape index (κ1) is 10.5. The Morgan fingerprint density at radius 1 is 1.27 bits per heavy atom. The highest BCUT2D eigenvalue weighted by Crippen LogP contribution is 2.26. The number of hydrogen-bond acceptors (Lipinski definition) is 2. The van der Waals surface area contributed by atoms with Crippen molar-refractivity contribution in [2.24, 2.45) is 0 Å². The first-order chi connectivity index (χ1) is 7.18. The van der Waals surface area contributed by atoms with E-state index in [0.29, 0.717) is 18.1 Å². The summed E-state index contributed by atoms with van der Waals surface area (Å²) in [5.41, 5.74) is 0.817. The van der Waals surface area contributed by atoms with E-state index in [1.165, 1.54) is 0 Å². The smallest absolute Gasteiger partial charge is 0.241 e. The zero-order valence-corrected chi connectivity index (χ0v) is 9.37. The van der Waals surface area contributed by atoms with Gasteiger partial charge in [0.1, 0.15) is 0 Å². The van der Waals surface area contributed by atoms with Gasteiger partial charge < -0.3 is 4.90 Å². The number of halogens is 1. The molecule has 80 valence electrons. The molecule has 0 bridgehead atoms. The topological polar surface area (TPSA) is 23.6 Å². The van der Waals surface area contributed by atoms with Gasteiger partial charge >= 0.3 is 0 Å². The number of rotatable bonds is 1. The van der Waals surface area contributed by atoms with Crippen LogP contribution in [0.4, 0.5) is 5.69 Å². The number of carbonyl (C=O) groups is 1. The Balaban J connectivity index is 2.24. The van der Waals surface area contributed by atoms with Crippen LogP contribution in [0.15, 0.2) is 24.3 Å². The van der Waals surface area contributed by atoms with Gasteiger partial charge in [0.25, 0.3) is 0 Å². The Bertz CT molecular complexity index is 381. The minimum absolute atomic E-state index is 0.108. The van der Waals surface area contributed by atoms with E-state index in [9.17, 15) is 4.79 Å². The second-order valence-electron chi connectivity index (χ2n) is 3.73. The quantitative estimate of drug-likeness (QED) is 0.724. The van der Waals surface area contributed by atoms with Gasteiger partial charge in [0.15, 0.2) is 0 Å². The van der Waals surface area contributed by atoms with E-state index >= 15 is 0 Å². The summed E-state index contributed by atoms with van der Waals surface area (Å²) in [6.45, 7) is 2.06. The molecule has 0 atom stereocenters. The van der Waals surface area contributed by atoms with Crippen molar-refractivity contribution in [3.63, 3.8) is 0 Å². The fourth-order valence-electron chi connectivity index (χ4n) is 1.72. The van der Waals surface area contributed by atoms with Crippen LogP contribution in [0.2, 0.25) is 5.02 Å². The van der Waals surface area contributed by atoms with Crippen molar-refractivity contribution in [3.8, 4) is 0 Å². The lowest BCUT2D eigenvalue weighted by Crippen LogP contribution is -2.49. The van der Waals surface area contributed by atoms with E-state index in [-0.39, 0.29) is 5.91 Å². The number of amides is 1. The number of likely N-dealkylation sites (N-methyl/N-ethyl adjacent to an activating group) is 1. The molecule has 0 radical (unpaired) electrons. The SMILES string of the molecule is CN1CCN(c2ccccc2Cl)C(=O)C1. The number of piperazine rings is 1. The number of anilines is 1. The third-order valence-electron chi connectivity index (χ3n) is 2.55. The van der Waals surface area contributed by atoms with Crippen molar-refractivity contribution in [2.75, 3.05) is 31.6 Å². The second-order valence-corrected chi connectivity index (χ2v) is 4.14. The highest BCUT2D eigenvalue weighted by atomic mass is 35.5. The summed E-state index contributed by atoms with van der Waals surface area (Å²) in [5.74, 6) is 0.108. The number of benzene rings is 1. The lowest BCUT2D eigenvalue weighted by Gasteiger charge is -2.32. The average Bonchev–Trinajstić information content (AvgIpc) is 2.20. The molecule has 3 nitrogen and oxygen atoms in total. The van der Waals surface area contributed by atoms with Crippen LogP contribution in [0.1, 0.15) is 0 Å². The fraction of sp³-hybridized carbons (Fsp3) is 0.364. The molecule has 1 aliphatic rings. The van der Waals surface area contributed by atoms with Crippen molar-refractivity contribution in [3.05, 3.63) is 29.3 Å². The van der Waals surface area contributed by atoms with Crippen molar-refractivity contribution in [1.82, 2.24) is 4.90 Å². The van der Waals surface area contributed by atoms with Gasteiger partial charge in [0, 0.05) is 13.1 Å². The normalized spacial score (nSPS) is 18.3. The van der Waals surface area contributed by atoms with Crippen molar-refractivity contribution in [1.29, 1.82) is 0 Å². The molecule has 4 heteroatoms. The van der Waals surface area contributed by atoms with Crippen LogP contribution in [-0.4, -0.2) is 37.5 Å². The molecule has 1 aromatic rings. The highest BCUT2D eigenvalue weighted by Gasteiger charge is 2.23. The predicted octanol–water partition coefficient (Wildman–Crippen LogP) is 1.62. The fourth-order valence-corrected chi connectivity index (χ4v) is 1.95. The maximum Gasteiger partial charge on any atom is 0.241 e. The van der Waals surface area contributed by atoms with E-state index in [2.05, 4.69) is 0 Å². The van der Waals surface area contributed by atoms with Gasteiger partial charge in [-0.1, -0.05) is 23.7 Å². The molecule has 1 fully saturated rings. The summed E-state index contributed by atoms with van der Waals surface area (Å²) in [7, 11) is 1.95. The maximum atomic E-state index is 11.8. The molecule has 15 heavy (non-hydrogen) atoms. The first-order valence-corrected chi connectivity index (χ1v) is 5.30. The molecule has 0 aliphatic carbocycles. The summed E-state index contributed by atoms with van der Waals surface area (Å²) >= 11 is 6.05. The van der Waals surface area contributed by atoms with Gasteiger partial charge in [0.2, 0.25) is 5.91 Å². The van der Waals surface area contributed by atoms with Crippen LogP contribution in [-0.2, 0) is 4.79 Å². The molecule has 0 unspecified atom stereocenters. The Morgan fingerprint density at radius 2 is 2.00 bits per heavy atom. The minimum Gasteiger partial charge on any atom is -0.309 e. The summed E-state index contributed by atoms with van der Waals surface area (Å²) in [6, 6.07) is 7.45. The van der Waals surface area contributed by atoms with E-state index in [1.807, 2.05) is 36.2 Å². The van der Waals surface area contributed by atoms with Gasteiger partial charge in [-0.05, 0) is 19.2 Å². The van der Waals surface area contributed by atoms with Crippen LogP contribution < -0.4 is 4.90 Å². The van der Waals surface area contributed by atoms with E-state index < -0.39 is 0 Å². The van der Waals surface area contributed by atoms with Gasteiger partial charge in [-0.25, -0.2) is 0 Å². The minimum atomic E-state index is 0.108. The second kappa shape index (κ2) is 4.21. The van der Waals surface area contributed by atoms with E-state index in [4.69, 9.17) is 11.6 Å². The molecular weight excluding hydrogens is 212 g/mol. The number of hydrogen-bond donors (Lipinski definition) is 0. The predicted molar refractivity (Wildman–Crippen MR) is 61.3 cm³/mol. The number of carbonyl (C=O) groups excluding carboxylic acids is 1. The molecule has 1 heterocycles. The lowest BCUT2D eigenvalue weighted by molar-refractivity contribution is -0.120. The van der Waals surface area contributed by atoms with Crippen LogP contribution in [0, 0.1) is 0 Å². The third-order valence-corrected chi connectivity index (χ3v) is 2.87. The molecule has 0 spiro atoms. The average molecular weight is 225 g/mol. The standard InChI is InChI=1S/C11H13ClN2O/c1-13-6-7-14(11(15)8-13)10-5-3-2-4-9(10)12/h2-5H,6-8H2,1H3. The zero-order chi connectivity index (χ0) is 10.8. The molecule has 2 rings (SSSR count). The van der Waals surface area contributed by atoms with Gasteiger partial charge in [-0.2, -0.15) is 0 Å². The highest BCUT2D eigenvalue weighted by molar-refractivity contribution is 6.33. The first-order valence-electron chi connectivity index (χ1n) is 4.92. The van der Waals surface area contributed by atoms with Crippen molar-refractivity contribution < 1.29 is 4.79 Å². The molecule has 1 aliphatic heterocycles. The lowest BCUT2D eigenvalue weighted by atomic mass is 10.2. The molecule has 1 aromatic carbocycles. The zero-order valence-electron chi connectivity index (χ0n) is 8.61. The molecule has 0 saturated carbocycles. The summed E-state index contributed by atoms with van der Waals surface area (Å²) < 4.78 is 0. The Hall–Kier alpha value is -1.06. The van der Waals surface area contributed by atoms with Gasteiger partial charge in [-0.15, -0.1) is 0 Å². The Kier molecular flexibility index (Phi) is 2.93. The van der Waals surface area contributed by atoms with E-state index in [1.54, 1.807) is 4.90 Å². The number of para-hydroxylation sites is 1. The largest absolute Gasteiger partial charge is 0.309 e. The molecule has 1 saturated heterocycles. The van der Waals surface area contributed by atoms with Crippen LogP contribution in [0.5, 0.6) is 0 Å². The third kappa shape index (κ3) is 2.13. The van der Waals surface area contributed by atoms with Crippen molar-refractivity contribution in [2.45, 2.75) is 0 Å². The summed E-state index contributed by atoms with van der Waals surface area (Å²) in [5, 5.41) is 0.635. The van der Waals surface area contributed by atoms with Gasteiger partial charge in [0.05, 0.1) is 17.3 Å². The van der Waals surface area contributed by atoms with Crippen molar-refractivity contribution >= 4 is 23.2 Å².